The van der Waals surface area contributed by atoms with E-state index in [1.54, 1.807) is 19.9 Å². The average molecular weight is 306 g/mol. The van der Waals surface area contributed by atoms with E-state index in [-0.39, 0.29) is 0 Å². The second kappa shape index (κ2) is 5.86. The lowest BCUT2D eigenvalue weighted by atomic mass is 9.92. The molecule has 1 aromatic heterocycles. The van der Waals surface area contributed by atoms with E-state index in [2.05, 4.69) is 0 Å². The van der Waals surface area contributed by atoms with Gasteiger partial charge in [0.1, 0.15) is 5.76 Å². The van der Waals surface area contributed by atoms with Gasteiger partial charge < -0.3 is 9.52 Å². The largest absolute Gasteiger partial charge is 0.422 e. The zero-order valence-corrected chi connectivity index (χ0v) is 13.1. The van der Waals surface area contributed by atoms with Gasteiger partial charge in [-0.1, -0.05) is 60.7 Å². The molecule has 0 unspecified atom stereocenters. The van der Waals surface area contributed by atoms with Crippen LogP contribution in [-0.4, -0.2) is 5.11 Å². The maximum atomic E-state index is 12.4. The molecule has 0 aliphatic rings. The smallest absolute Gasteiger partial charge is 0.344 e. The van der Waals surface area contributed by atoms with Crippen LogP contribution >= 0.6 is 0 Å². The van der Waals surface area contributed by atoms with Crippen molar-refractivity contribution in [3.8, 4) is 22.5 Å². The Hall–Kier alpha value is -2.65. The number of hydrogen-bond donors (Lipinski definition) is 1. The Bertz CT molecular complexity index is 857. The van der Waals surface area contributed by atoms with Gasteiger partial charge in [0.25, 0.3) is 0 Å². The second-order valence-electron chi connectivity index (χ2n) is 5.98. The SMILES string of the molecule is CC(C)(O)c1cc(-c2ccccc2)c(=O)oc1-c1ccccc1. The highest BCUT2D eigenvalue weighted by Gasteiger charge is 2.25. The first-order chi connectivity index (χ1) is 11.0. The molecule has 0 atom stereocenters. The molecule has 0 amide bonds. The Labute approximate surface area is 134 Å². The van der Waals surface area contributed by atoms with Gasteiger partial charge in [-0.05, 0) is 25.5 Å². The number of benzene rings is 2. The summed E-state index contributed by atoms with van der Waals surface area (Å²) in [6.07, 6.45) is 0. The van der Waals surface area contributed by atoms with Crippen molar-refractivity contribution in [2.75, 3.05) is 0 Å². The first kappa shape index (κ1) is 15.3. The lowest BCUT2D eigenvalue weighted by Crippen LogP contribution is -2.19. The molecule has 0 fully saturated rings. The maximum Gasteiger partial charge on any atom is 0.344 e. The van der Waals surface area contributed by atoms with Crippen molar-refractivity contribution in [1.82, 2.24) is 0 Å². The molecule has 3 aromatic rings. The summed E-state index contributed by atoms with van der Waals surface area (Å²) >= 11 is 0. The van der Waals surface area contributed by atoms with Crippen LogP contribution in [0.15, 0.2) is 75.9 Å². The fourth-order valence-electron chi connectivity index (χ4n) is 2.55. The predicted octanol–water partition coefficient (Wildman–Crippen LogP) is 4.20. The van der Waals surface area contributed by atoms with Crippen LogP contribution in [0.25, 0.3) is 22.5 Å². The molecule has 2 aromatic carbocycles. The highest BCUT2D eigenvalue weighted by molar-refractivity contribution is 5.69. The van der Waals surface area contributed by atoms with Crippen molar-refractivity contribution in [1.29, 1.82) is 0 Å². The molecule has 3 rings (SSSR count). The molecule has 0 bridgehead atoms. The maximum absolute atomic E-state index is 12.4. The lowest BCUT2D eigenvalue weighted by Gasteiger charge is -2.21. The zero-order chi connectivity index (χ0) is 16.4. The van der Waals surface area contributed by atoms with Crippen molar-refractivity contribution in [2.45, 2.75) is 19.4 Å². The van der Waals surface area contributed by atoms with Crippen molar-refractivity contribution in [3.63, 3.8) is 0 Å². The normalized spacial score (nSPS) is 11.4. The van der Waals surface area contributed by atoms with Crippen LogP contribution in [0.4, 0.5) is 0 Å². The monoisotopic (exact) mass is 306 g/mol. The fourth-order valence-corrected chi connectivity index (χ4v) is 2.55. The molecule has 0 aliphatic carbocycles. The van der Waals surface area contributed by atoms with Gasteiger partial charge in [0, 0.05) is 11.1 Å². The number of rotatable bonds is 3. The standard InChI is InChI=1S/C20H18O3/c1-20(2,22)17-13-16(14-9-5-3-6-10-14)19(21)23-18(17)15-11-7-4-8-12-15/h3-13,22H,1-2H3. The Kier molecular flexibility index (Phi) is 3.89. The lowest BCUT2D eigenvalue weighted by molar-refractivity contribution is 0.0773. The van der Waals surface area contributed by atoms with Crippen LogP contribution in [0.3, 0.4) is 0 Å². The summed E-state index contributed by atoms with van der Waals surface area (Å²) < 4.78 is 5.59. The zero-order valence-electron chi connectivity index (χ0n) is 13.1. The van der Waals surface area contributed by atoms with Crippen LogP contribution in [0, 0.1) is 0 Å². The van der Waals surface area contributed by atoms with Crippen LogP contribution in [0.1, 0.15) is 19.4 Å². The Morgan fingerprint density at radius 2 is 1.39 bits per heavy atom. The topological polar surface area (TPSA) is 50.4 Å². The summed E-state index contributed by atoms with van der Waals surface area (Å²) in [5.41, 5.74) is 1.02. The van der Waals surface area contributed by atoms with Crippen molar-refractivity contribution in [2.24, 2.45) is 0 Å². The Balaban J connectivity index is 2.27. The summed E-state index contributed by atoms with van der Waals surface area (Å²) in [4.78, 5) is 12.4. The average Bonchev–Trinajstić information content (AvgIpc) is 2.55. The molecule has 0 saturated carbocycles. The third kappa shape index (κ3) is 3.10. The van der Waals surface area contributed by atoms with E-state index in [1.165, 1.54) is 0 Å². The van der Waals surface area contributed by atoms with Gasteiger partial charge >= 0.3 is 5.63 Å². The van der Waals surface area contributed by atoms with E-state index >= 15 is 0 Å². The van der Waals surface area contributed by atoms with Gasteiger partial charge in [0.2, 0.25) is 0 Å². The summed E-state index contributed by atoms with van der Waals surface area (Å²) in [7, 11) is 0. The molecule has 1 heterocycles. The highest BCUT2D eigenvalue weighted by atomic mass is 16.4. The van der Waals surface area contributed by atoms with Gasteiger partial charge in [-0.15, -0.1) is 0 Å². The van der Waals surface area contributed by atoms with Crippen molar-refractivity contribution < 1.29 is 9.52 Å². The molecular formula is C20H18O3. The first-order valence-corrected chi connectivity index (χ1v) is 7.48. The molecule has 0 radical (unpaired) electrons. The third-order valence-electron chi connectivity index (χ3n) is 3.73. The summed E-state index contributed by atoms with van der Waals surface area (Å²) in [5.74, 6) is 0.405. The summed E-state index contributed by atoms with van der Waals surface area (Å²) in [6.45, 7) is 3.37. The molecule has 0 aliphatic heterocycles. The van der Waals surface area contributed by atoms with Gasteiger partial charge in [-0.25, -0.2) is 4.79 Å². The van der Waals surface area contributed by atoms with Crippen molar-refractivity contribution in [3.05, 3.63) is 82.7 Å². The molecule has 116 valence electrons. The van der Waals surface area contributed by atoms with Gasteiger partial charge in [-0.2, -0.15) is 0 Å². The first-order valence-electron chi connectivity index (χ1n) is 7.48. The van der Waals surface area contributed by atoms with E-state index in [0.29, 0.717) is 16.9 Å². The van der Waals surface area contributed by atoms with E-state index < -0.39 is 11.2 Å². The van der Waals surface area contributed by atoms with Crippen LogP contribution in [0.2, 0.25) is 0 Å². The molecule has 0 spiro atoms. The van der Waals surface area contributed by atoms with E-state index in [4.69, 9.17) is 4.42 Å². The minimum atomic E-state index is -1.13. The van der Waals surface area contributed by atoms with Crippen LogP contribution < -0.4 is 5.63 Å². The molecule has 3 nitrogen and oxygen atoms in total. The van der Waals surface area contributed by atoms with E-state index in [9.17, 15) is 9.90 Å². The number of hydrogen-bond acceptors (Lipinski definition) is 3. The predicted molar refractivity (Wildman–Crippen MR) is 91.1 cm³/mol. The minimum Gasteiger partial charge on any atom is -0.422 e. The van der Waals surface area contributed by atoms with Crippen LogP contribution in [-0.2, 0) is 5.60 Å². The number of aliphatic hydroxyl groups is 1. The van der Waals surface area contributed by atoms with Gasteiger partial charge in [0.05, 0.1) is 11.2 Å². The van der Waals surface area contributed by atoms with Gasteiger partial charge in [0.15, 0.2) is 0 Å². The van der Waals surface area contributed by atoms with Gasteiger partial charge in [-0.3, -0.25) is 0 Å². The molecule has 3 heteroatoms. The second-order valence-corrected chi connectivity index (χ2v) is 5.98. The van der Waals surface area contributed by atoms with Crippen molar-refractivity contribution >= 4 is 0 Å². The molecule has 1 N–H and O–H groups in total. The molecule has 0 saturated heterocycles. The molecule has 23 heavy (non-hydrogen) atoms. The summed E-state index contributed by atoms with van der Waals surface area (Å²) in [6, 6.07) is 20.4. The molecular weight excluding hydrogens is 288 g/mol. The highest BCUT2D eigenvalue weighted by Crippen LogP contribution is 2.33. The van der Waals surface area contributed by atoms with E-state index in [1.807, 2.05) is 60.7 Å². The summed E-state index contributed by atoms with van der Waals surface area (Å²) in [5, 5.41) is 10.5. The minimum absolute atomic E-state index is 0.405. The quantitative estimate of drug-likeness (QED) is 0.789. The van der Waals surface area contributed by atoms with Crippen LogP contribution in [0.5, 0.6) is 0 Å². The fraction of sp³-hybridized carbons (Fsp3) is 0.150. The third-order valence-corrected chi connectivity index (χ3v) is 3.73. The van der Waals surface area contributed by atoms with E-state index in [0.717, 1.165) is 11.1 Å². The Morgan fingerprint density at radius 3 is 1.91 bits per heavy atom. The Morgan fingerprint density at radius 1 is 0.870 bits per heavy atom.